The van der Waals surface area contributed by atoms with Crippen LogP contribution < -0.4 is 0 Å². The molecule has 8 saturated carbocycles. The molecule has 0 heterocycles. The number of aryl methyl sites for hydroxylation is 2. The number of hydrogen-bond acceptors (Lipinski definition) is 7. The molecule has 49 heteroatoms. The van der Waals surface area contributed by atoms with Gasteiger partial charge in [0.1, 0.15) is 0 Å². The van der Waals surface area contributed by atoms with Crippen LogP contribution in [0.15, 0.2) is 53.0 Å². The number of aliphatic hydroxyl groups is 2. The Morgan fingerprint density at radius 2 is 0.755 bits per heavy atom. The number of ketones is 1. The van der Waals surface area contributed by atoms with E-state index in [1.807, 2.05) is 52.3 Å². The number of fused-ring (bicyclic) bond motifs is 10. The van der Waals surface area contributed by atoms with Gasteiger partial charge in [-0.15, -0.1) is 0 Å². The summed E-state index contributed by atoms with van der Waals surface area (Å²) < 4.78 is 12.9. The summed E-state index contributed by atoms with van der Waals surface area (Å²) in [5.74, 6) is 5.95. The summed E-state index contributed by atoms with van der Waals surface area (Å²) in [5, 5.41) is 23.0. The minimum Gasteiger partial charge on any atom is -0.390 e. The lowest BCUT2D eigenvalue weighted by Gasteiger charge is -2.62. The molecule has 16 atom stereocenters. The van der Waals surface area contributed by atoms with Gasteiger partial charge >= 0.3 is 0 Å². The summed E-state index contributed by atoms with van der Waals surface area (Å²) in [6.07, 6.45) is -1.86. The summed E-state index contributed by atoms with van der Waals surface area (Å²) in [6, 6.07) is 16.4. The van der Waals surface area contributed by atoms with E-state index in [4.69, 9.17) is 177 Å². The second-order valence-electron chi connectivity index (χ2n) is 36.4. The molecule has 10 rings (SSSR count). The number of halogens is 1. The molecule has 0 saturated heterocycles. The number of methoxy groups -OCH3 is 2. The molecule has 8 fully saturated rings. The number of amides is 1. The van der Waals surface area contributed by atoms with E-state index in [0.29, 0.717) is 53.1 Å². The van der Waals surface area contributed by atoms with Gasteiger partial charge in [0.25, 0.3) is 0 Å². The van der Waals surface area contributed by atoms with Crippen molar-refractivity contribution in [1.29, 1.82) is 0 Å². The SMILES string of the molecule is C.COC[C@]12CC[C@@](C)(O)C[C@@H]1CC[C@H]1[C@@H]3CC[C@H](C(=O)N(C)OC)[C@@]3(C)CC[C@@H]12.COC[C@]12CC[C@@](C)(O)C[C@@H]1CC[C@H]1[C@@H]3CC[C@H](C(=O)c4ccc(C)cc4)[C@@]3(C)CC[C@@H]12.Cc1ccc(Br)cc1.[B]B([B])B([B])B(B([B])[B])B(B(B(B([B])[B])B([B])[B])B(B([B])[B])B([B])[B])B(B(B([B])[B])B([B])[B])B(B([B])[B])B([B])[B]. The van der Waals surface area contributed by atoms with Crippen LogP contribution in [0, 0.1) is 94.7 Å². The Morgan fingerprint density at radius 3 is 1.07 bits per heavy atom. The normalized spacial score (nSPS) is 30.4. The zero-order chi connectivity index (χ0) is 81.7. The van der Waals surface area contributed by atoms with Crippen LogP contribution in [0.25, 0.3) is 0 Å². The van der Waals surface area contributed by atoms with Crippen molar-refractivity contribution in [2.75, 3.05) is 41.6 Å². The van der Waals surface area contributed by atoms with Crippen LogP contribution in [0.1, 0.15) is 172 Å². The van der Waals surface area contributed by atoms with Crippen LogP contribution in [0.2, 0.25) is 0 Å². The molecule has 0 aromatic heterocycles. The molecule has 0 spiro atoms. The number of hydroxylamine groups is 2. The van der Waals surface area contributed by atoms with E-state index >= 15 is 0 Å². The highest BCUT2D eigenvalue weighted by atomic mass is 79.9. The lowest BCUT2D eigenvalue weighted by molar-refractivity contribution is -0.188. The first kappa shape index (κ1) is 99.3. The summed E-state index contributed by atoms with van der Waals surface area (Å²) in [6.45, 7) is 14.7. The Kier molecular flexibility index (Phi) is 37.7. The fraction of sp³-hybridized carbons (Fsp3) is 0.770. The maximum Gasteiger partial charge on any atom is 0.249 e. The van der Waals surface area contributed by atoms with Crippen molar-refractivity contribution in [3.05, 3.63) is 69.7 Å². The molecule has 512 valence electrons. The Balaban J connectivity index is 0.000000245. The topological polar surface area (TPSA) is 106 Å². The number of carbonyl (C=O) groups is 2. The molecule has 0 bridgehead atoms. The first-order valence-corrected chi connectivity index (χ1v) is 41.0. The third-order valence-electron chi connectivity index (χ3n) is 29.7. The van der Waals surface area contributed by atoms with Crippen molar-refractivity contribution in [3.63, 3.8) is 0 Å². The Bertz CT molecular complexity index is 3050. The highest BCUT2D eigenvalue weighted by molar-refractivity contribution is 9.10. The highest BCUT2D eigenvalue weighted by Crippen LogP contribution is 2.70. The fourth-order valence-corrected chi connectivity index (χ4v) is 24.8. The number of rotatable bonds is 26. The van der Waals surface area contributed by atoms with Crippen LogP contribution in [0.3, 0.4) is 0 Å². The molecule has 2 aromatic rings. The molecule has 42 radical (unpaired) electrons. The lowest BCUT2D eigenvalue weighted by atomic mass is 8.27. The molecule has 8 aliphatic rings. The van der Waals surface area contributed by atoms with E-state index in [-0.39, 0.29) is 46.8 Å². The average Bonchev–Trinajstić information content (AvgIpc) is 1.70. The summed E-state index contributed by atoms with van der Waals surface area (Å²) in [5.41, 5.74) is 3.03. The number of carbonyl (C=O) groups excluding carboxylic acids is 2. The molecule has 2 N–H and O–H groups in total. The van der Waals surface area contributed by atoms with Crippen LogP contribution in [-0.4, -0.2) is 364 Å². The number of hydrogen-bond donors (Lipinski definition) is 2. The Hall–Kier alpha value is 0.457. The molecular formula is C61H94B40BrNO7. The third-order valence-corrected chi connectivity index (χ3v) is 30.2. The molecule has 1 amide bonds. The smallest absolute Gasteiger partial charge is 0.249 e. The van der Waals surface area contributed by atoms with Gasteiger partial charge in [-0.1, -0.05) is 84.7 Å². The average molecular weight is 1470 g/mol. The monoisotopic (exact) mass is 1470 g/mol. The standard InChI is InChI=1S/C29H42O3.C24H41NO4.C7H7Br.CH4.B40/c1-19-5-7-20(8-6-19)26(30)25-12-11-23-22-10-9-21-17-27(2,31)15-16-29(21,18-32-4)24(22)13-14-28(23,25)3;1-22(27)12-13-24(15-28-4)16(14-22)6-7-17-18-8-9-20(21(26)25(3)29-5)23(18,2)11-10-19(17)24;1-6-2-4-7(8)5-3-6;;1-22(2)32(21)37(31(19)20)40(38(33(23(3)4)24(5)6)34(25(7)8)26(9)10)39(35(27(11)12)28(13)14)36(29(15)16)30(17)18/h5-8,21-25,31H,9-18H2,1-4H3;16-20,27H,6-15H2,1-5H3;2-5H,1H3;1H4;/t21-,22-,23-,24-,25+,27+,28-,29+;16-,17-,18-,19-,20+,22+,23-,24+;;;/m00.../s1. The Morgan fingerprint density at radius 1 is 0.427 bits per heavy atom. The van der Waals surface area contributed by atoms with Crippen molar-refractivity contribution in [3.8, 4) is 0 Å². The van der Waals surface area contributed by atoms with Gasteiger partial charge in [-0.2, -0.15) is 0 Å². The first-order valence-electron chi connectivity index (χ1n) is 40.2. The molecule has 8 nitrogen and oxygen atoms in total. The fourth-order valence-electron chi connectivity index (χ4n) is 24.6. The third kappa shape index (κ3) is 22.0. The van der Waals surface area contributed by atoms with Gasteiger partial charge in [0, 0.05) is 327 Å². The number of nitrogens with zero attached hydrogens (tertiary/aromatic N) is 1. The van der Waals surface area contributed by atoms with Crippen molar-refractivity contribution in [1.82, 2.24) is 5.06 Å². The van der Waals surface area contributed by atoms with Crippen molar-refractivity contribution in [2.24, 2.45) is 80.8 Å². The van der Waals surface area contributed by atoms with Gasteiger partial charge in [0.2, 0.25) is 5.91 Å². The van der Waals surface area contributed by atoms with Crippen LogP contribution in [-0.2, 0) is 19.1 Å². The van der Waals surface area contributed by atoms with Crippen molar-refractivity contribution in [2.45, 2.75) is 176 Å². The molecule has 8 aliphatic carbocycles. The largest absolute Gasteiger partial charge is 0.390 e. The van der Waals surface area contributed by atoms with Crippen molar-refractivity contribution < 1.29 is 34.1 Å². The van der Waals surface area contributed by atoms with Gasteiger partial charge in [-0.25, -0.2) is 5.06 Å². The zero-order valence-electron chi connectivity index (χ0n) is 67.4. The number of Topliss-reactive ketones (excluding diaryl/α,β-unsaturated/α-hetero) is 1. The van der Waals surface area contributed by atoms with Crippen LogP contribution in [0.4, 0.5) is 0 Å². The molecular weight excluding hydrogens is 1370 g/mol. The summed E-state index contributed by atoms with van der Waals surface area (Å²) >= 11 is 3.35. The first-order chi connectivity index (χ1) is 50.8. The Labute approximate surface area is 712 Å². The molecule has 2 aromatic carbocycles. The predicted molar refractivity (Wildman–Crippen MR) is 515 cm³/mol. The summed E-state index contributed by atoms with van der Waals surface area (Å²) in [7, 11) is 138. The highest BCUT2D eigenvalue weighted by Gasteiger charge is 2.66. The van der Waals surface area contributed by atoms with E-state index in [1.165, 1.54) is 61.1 Å². The van der Waals surface area contributed by atoms with Gasteiger partial charge in [0.05, 0.1) is 31.5 Å². The minimum absolute atomic E-state index is 0. The maximum atomic E-state index is 13.6. The second kappa shape index (κ2) is 41.8. The second-order valence-corrected chi connectivity index (χ2v) is 37.3. The van der Waals surface area contributed by atoms with Crippen LogP contribution in [0.5, 0.6) is 0 Å². The molecule has 110 heavy (non-hydrogen) atoms. The minimum atomic E-state index is -1.25. The van der Waals surface area contributed by atoms with E-state index in [1.54, 1.807) is 14.2 Å². The van der Waals surface area contributed by atoms with E-state index in [9.17, 15) is 19.8 Å². The van der Waals surface area contributed by atoms with Crippen molar-refractivity contribution >= 4 is 311 Å². The maximum absolute atomic E-state index is 13.6. The summed E-state index contributed by atoms with van der Waals surface area (Å²) in [4.78, 5) is 31.8. The van der Waals surface area contributed by atoms with Gasteiger partial charge in [0.15, 0.2) is 5.78 Å². The molecule has 0 unspecified atom stereocenters. The van der Waals surface area contributed by atoms with E-state index in [2.05, 4.69) is 67.9 Å². The lowest BCUT2D eigenvalue weighted by Crippen LogP contribution is -2.92. The van der Waals surface area contributed by atoms with Gasteiger partial charge < -0.3 is 19.7 Å². The van der Waals surface area contributed by atoms with Gasteiger partial charge in [-0.05, 0) is 224 Å². The van der Waals surface area contributed by atoms with Gasteiger partial charge in [-0.3, -0.25) is 14.4 Å². The zero-order valence-corrected chi connectivity index (χ0v) is 69.0. The quantitative estimate of drug-likeness (QED) is 0.0667. The number of ether oxygens (including phenoxy) is 2. The van der Waals surface area contributed by atoms with E-state index < -0.39 is 133 Å². The number of benzene rings is 2. The molecule has 0 aliphatic heterocycles. The van der Waals surface area contributed by atoms with Crippen LogP contribution >= 0.6 is 15.9 Å². The van der Waals surface area contributed by atoms with E-state index in [0.717, 1.165) is 93.9 Å². The predicted octanol–water partition coefficient (Wildman–Crippen LogP) is -1.58.